The minimum atomic E-state index is -1.18. The highest BCUT2D eigenvalue weighted by atomic mass is 35.5. The van der Waals surface area contributed by atoms with Crippen LogP contribution in [0.3, 0.4) is 0 Å². The van der Waals surface area contributed by atoms with Crippen LogP contribution in [0.25, 0.3) is 0 Å². The molecule has 0 aromatic heterocycles. The predicted octanol–water partition coefficient (Wildman–Crippen LogP) is 5.40. The van der Waals surface area contributed by atoms with Gasteiger partial charge in [0.2, 0.25) is 0 Å². The van der Waals surface area contributed by atoms with Crippen LogP contribution in [0.2, 0.25) is 10.0 Å². The number of urea groups is 1. The summed E-state index contributed by atoms with van der Waals surface area (Å²) in [6, 6.07) is 15.0. The molecule has 0 saturated heterocycles. The molecule has 11 nitrogen and oxygen atoms in total. The van der Waals surface area contributed by atoms with Gasteiger partial charge in [-0.3, -0.25) is 5.43 Å². The van der Waals surface area contributed by atoms with Crippen molar-refractivity contribution in [3.63, 3.8) is 0 Å². The number of nitrogens with one attached hydrogen (secondary N) is 3. The lowest BCUT2D eigenvalue weighted by Gasteiger charge is -2.28. The first kappa shape index (κ1) is 33.4. The number of benzene rings is 3. The summed E-state index contributed by atoms with van der Waals surface area (Å²) in [5.41, 5.74) is 6.53. The number of methoxy groups -OCH3 is 1. The standard InChI is InChI=1S/C32H34Cl2N4O7/c1-5-43-26-14-22(29-28(31(40)42-4)19(3)36-32(41)37-29)10-11-25(26)44-17-27(39)38-35-15-21-12-23(33)30(24(34)13-21)45-16-20-8-6-18(2)7-9-20/h6-15,27,29,38-39H,5,16-17H2,1-4H3,(H2,36,37,41)/b35-15-/t27-,29+/m1/s1. The molecule has 0 spiro atoms. The Labute approximate surface area is 271 Å². The third kappa shape index (κ3) is 8.81. The minimum Gasteiger partial charge on any atom is -0.490 e. The van der Waals surface area contributed by atoms with E-state index in [1.54, 1.807) is 44.2 Å². The van der Waals surface area contributed by atoms with Crippen molar-refractivity contribution in [2.45, 2.75) is 39.6 Å². The van der Waals surface area contributed by atoms with Crippen molar-refractivity contribution in [3.05, 3.63) is 98.2 Å². The molecule has 238 valence electrons. The molecular formula is C32H34Cl2N4O7. The molecule has 2 amide bonds. The maximum Gasteiger partial charge on any atom is 0.337 e. The normalized spacial score (nSPS) is 15.3. The molecule has 1 heterocycles. The summed E-state index contributed by atoms with van der Waals surface area (Å²) in [6.07, 6.45) is 0.269. The zero-order valence-electron chi connectivity index (χ0n) is 25.1. The Kier molecular flexibility index (Phi) is 11.5. The van der Waals surface area contributed by atoms with Crippen LogP contribution in [-0.2, 0) is 16.1 Å². The van der Waals surface area contributed by atoms with E-state index < -0.39 is 24.3 Å². The van der Waals surface area contributed by atoms with E-state index in [1.807, 2.05) is 31.2 Å². The van der Waals surface area contributed by atoms with Gasteiger partial charge in [0.1, 0.15) is 13.2 Å². The molecular weight excluding hydrogens is 623 g/mol. The number of hydrogen-bond donors (Lipinski definition) is 4. The lowest BCUT2D eigenvalue weighted by atomic mass is 9.95. The van der Waals surface area contributed by atoms with Crippen LogP contribution in [0.4, 0.5) is 4.79 Å². The van der Waals surface area contributed by atoms with Crippen molar-refractivity contribution < 1.29 is 33.6 Å². The second-order valence-corrected chi connectivity index (χ2v) is 10.8. The number of carbonyl (C=O) groups excluding carboxylic acids is 2. The fraction of sp³-hybridized carbons (Fsp3) is 0.281. The summed E-state index contributed by atoms with van der Waals surface area (Å²) in [4.78, 5) is 24.6. The van der Waals surface area contributed by atoms with Gasteiger partial charge < -0.3 is 34.7 Å². The smallest absolute Gasteiger partial charge is 0.337 e. The Bertz CT molecular complexity index is 1570. The molecule has 0 bridgehead atoms. The summed E-state index contributed by atoms with van der Waals surface area (Å²) in [5, 5.41) is 20.4. The van der Waals surface area contributed by atoms with Crippen molar-refractivity contribution in [2.75, 3.05) is 20.3 Å². The van der Waals surface area contributed by atoms with E-state index in [2.05, 4.69) is 21.2 Å². The van der Waals surface area contributed by atoms with Gasteiger partial charge in [0.05, 0.1) is 41.6 Å². The quantitative estimate of drug-likeness (QED) is 0.0830. The van der Waals surface area contributed by atoms with Gasteiger partial charge >= 0.3 is 12.0 Å². The molecule has 2 atom stereocenters. The molecule has 0 radical (unpaired) electrons. The molecule has 0 fully saturated rings. The van der Waals surface area contributed by atoms with Crippen LogP contribution in [0.1, 0.15) is 42.1 Å². The number of halogens is 2. The number of rotatable bonds is 13. The van der Waals surface area contributed by atoms with Crippen molar-refractivity contribution in [2.24, 2.45) is 5.10 Å². The van der Waals surface area contributed by atoms with E-state index in [0.29, 0.717) is 57.3 Å². The van der Waals surface area contributed by atoms with Gasteiger partial charge in [-0.1, -0.05) is 59.1 Å². The lowest BCUT2D eigenvalue weighted by molar-refractivity contribution is -0.136. The number of hydrazone groups is 1. The molecule has 1 aliphatic heterocycles. The van der Waals surface area contributed by atoms with Gasteiger partial charge in [-0.05, 0) is 61.7 Å². The van der Waals surface area contributed by atoms with Crippen LogP contribution >= 0.6 is 23.2 Å². The Morgan fingerprint density at radius 1 is 1.04 bits per heavy atom. The number of carbonyl (C=O) groups is 2. The average Bonchev–Trinajstić information content (AvgIpc) is 3.00. The van der Waals surface area contributed by atoms with Crippen LogP contribution in [0.5, 0.6) is 17.2 Å². The van der Waals surface area contributed by atoms with Crippen LogP contribution in [-0.4, -0.2) is 49.9 Å². The first-order chi connectivity index (χ1) is 21.6. The van der Waals surface area contributed by atoms with Gasteiger partial charge in [0.25, 0.3) is 0 Å². The van der Waals surface area contributed by atoms with E-state index in [1.165, 1.54) is 13.3 Å². The minimum absolute atomic E-state index is 0.180. The highest BCUT2D eigenvalue weighted by Crippen LogP contribution is 2.36. The van der Waals surface area contributed by atoms with E-state index >= 15 is 0 Å². The molecule has 0 unspecified atom stereocenters. The van der Waals surface area contributed by atoms with Crippen molar-refractivity contribution in [1.29, 1.82) is 0 Å². The van der Waals surface area contributed by atoms with Gasteiger partial charge in [-0.25, -0.2) is 9.59 Å². The number of aliphatic hydroxyl groups excluding tert-OH is 1. The number of nitrogens with zero attached hydrogens (tertiary/aromatic N) is 1. The van der Waals surface area contributed by atoms with Crippen LogP contribution < -0.4 is 30.3 Å². The van der Waals surface area contributed by atoms with E-state index in [9.17, 15) is 14.7 Å². The highest BCUT2D eigenvalue weighted by Gasteiger charge is 2.32. The molecule has 0 aliphatic carbocycles. The number of amides is 2. The Hall–Kier alpha value is -4.45. The maximum absolute atomic E-state index is 12.4. The van der Waals surface area contributed by atoms with Crippen molar-refractivity contribution >= 4 is 41.4 Å². The fourth-order valence-electron chi connectivity index (χ4n) is 4.45. The summed E-state index contributed by atoms with van der Waals surface area (Å²) >= 11 is 12.8. The van der Waals surface area contributed by atoms with Gasteiger partial charge in [-0.2, -0.15) is 5.10 Å². The number of aliphatic hydroxyl groups is 1. The molecule has 1 aliphatic rings. The molecule has 45 heavy (non-hydrogen) atoms. The summed E-state index contributed by atoms with van der Waals surface area (Å²) in [7, 11) is 1.27. The average molecular weight is 658 g/mol. The number of esters is 1. The van der Waals surface area contributed by atoms with Gasteiger partial charge in [0, 0.05) is 5.70 Å². The van der Waals surface area contributed by atoms with Crippen LogP contribution in [0, 0.1) is 6.92 Å². The molecule has 13 heteroatoms. The third-order valence-electron chi connectivity index (χ3n) is 6.63. The number of allylic oxidation sites excluding steroid dienone is 1. The van der Waals surface area contributed by atoms with Crippen molar-refractivity contribution in [1.82, 2.24) is 16.1 Å². The second-order valence-electron chi connectivity index (χ2n) is 10.0. The SMILES string of the molecule is CCOc1cc([C@@H]2NC(=O)NC(C)=C2C(=O)OC)ccc1OC[C@@H](O)N/N=C\c1cc(Cl)c(OCc2ccc(C)cc2)c(Cl)c1. The van der Waals surface area contributed by atoms with E-state index in [4.69, 9.17) is 42.1 Å². The number of ether oxygens (including phenoxy) is 4. The maximum atomic E-state index is 12.4. The Morgan fingerprint density at radius 3 is 2.42 bits per heavy atom. The highest BCUT2D eigenvalue weighted by molar-refractivity contribution is 6.37. The topological polar surface area (TPSA) is 140 Å². The first-order valence-corrected chi connectivity index (χ1v) is 14.7. The molecule has 0 saturated carbocycles. The Balaban J connectivity index is 1.37. The van der Waals surface area contributed by atoms with E-state index in [-0.39, 0.29) is 12.2 Å². The Morgan fingerprint density at radius 2 is 1.76 bits per heavy atom. The fourth-order valence-corrected chi connectivity index (χ4v) is 5.06. The van der Waals surface area contributed by atoms with Gasteiger partial charge in [0.15, 0.2) is 23.5 Å². The number of aryl methyl sites for hydroxylation is 1. The van der Waals surface area contributed by atoms with E-state index in [0.717, 1.165) is 11.1 Å². The molecule has 4 rings (SSSR count). The van der Waals surface area contributed by atoms with Crippen LogP contribution in [0.15, 0.2) is 71.0 Å². The number of hydrogen-bond acceptors (Lipinski definition) is 9. The largest absolute Gasteiger partial charge is 0.490 e. The van der Waals surface area contributed by atoms with Gasteiger partial charge in [-0.15, -0.1) is 0 Å². The molecule has 3 aromatic carbocycles. The summed E-state index contributed by atoms with van der Waals surface area (Å²) in [6.45, 7) is 5.90. The first-order valence-electron chi connectivity index (χ1n) is 14.0. The molecule has 4 N–H and O–H groups in total. The monoisotopic (exact) mass is 656 g/mol. The zero-order valence-corrected chi connectivity index (χ0v) is 26.7. The third-order valence-corrected chi connectivity index (χ3v) is 7.20. The summed E-state index contributed by atoms with van der Waals surface area (Å²) in [5.74, 6) is 0.480. The molecule has 3 aromatic rings. The van der Waals surface area contributed by atoms with Crippen molar-refractivity contribution in [3.8, 4) is 17.2 Å². The second kappa shape index (κ2) is 15.5. The summed E-state index contributed by atoms with van der Waals surface area (Å²) < 4.78 is 22.3. The predicted molar refractivity (Wildman–Crippen MR) is 171 cm³/mol. The zero-order chi connectivity index (χ0) is 32.5. The lowest BCUT2D eigenvalue weighted by Crippen LogP contribution is -2.45.